The molecular formula is C12H11BrClN3O. The third-order valence-electron chi connectivity index (χ3n) is 2.45. The summed E-state index contributed by atoms with van der Waals surface area (Å²) in [7, 11) is 1.57. The van der Waals surface area contributed by atoms with Gasteiger partial charge < -0.3 is 10.5 Å². The van der Waals surface area contributed by atoms with Crippen LogP contribution in [0.2, 0.25) is 5.02 Å². The van der Waals surface area contributed by atoms with Crippen LogP contribution in [0.5, 0.6) is 5.75 Å². The fourth-order valence-electron chi connectivity index (χ4n) is 1.55. The number of hydrogen-bond acceptors (Lipinski definition) is 4. The molecule has 2 aromatic rings. The van der Waals surface area contributed by atoms with E-state index in [1.165, 1.54) is 0 Å². The van der Waals surface area contributed by atoms with Gasteiger partial charge in [0, 0.05) is 5.02 Å². The van der Waals surface area contributed by atoms with Gasteiger partial charge in [-0.2, -0.15) is 0 Å². The Hall–Kier alpha value is -1.33. The van der Waals surface area contributed by atoms with Crippen molar-refractivity contribution in [3.05, 3.63) is 33.4 Å². The third kappa shape index (κ3) is 2.42. The van der Waals surface area contributed by atoms with E-state index in [4.69, 9.17) is 22.1 Å². The second kappa shape index (κ2) is 5.12. The van der Waals surface area contributed by atoms with Crippen LogP contribution in [-0.2, 0) is 0 Å². The maximum atomic E-state index is 5.92. The first-order chi connectivity index (χ1) is 8.52. The second-order valence-electron chi connectivity index (χ2n) is 3.68. The molecule has 1 aromatic heterocycles. The van der Waals surface area contributed by atoms with Crippen molar-refractivity contribution in [3.8, 4) is 17.1 Å². The van der Waals surface area contributed by atoms with Crippen LogP contribution >= 0.6 is 27.5 Å². The van der Waals surface area contributed by atoms with E-state index < -0.39 is 0 Å². The highest BCUT2D eigenvalue weighted by molar-refractivity contribution is 9.10. The number of halogens is 2. The standard InChI is InChI=1S/C12H11BrClN3O/c1-6-10(13)11(15)17-12(16-6)8-4-3-7(14)5-9(8)18-2/h3-5H,1-2H3,(H2,15,16,17). The Balaban J connectivity index is 2.62. The Morgan fingerprint density at radius 2 is 2.06 bits per heavy atom. The van der Waals surface area contributed by atoms with E-state index in [0.717, 1.165) is 11.3 Å². The summed E-state index contributed by atoms with van der Waals surface area (Å²) in [6.07, 6.45) is 0. The monoisotopic (exact) mass is 327 g/mol. The van der Waals surface area contributed by atoms with Crippen molar-refractivity contribution < 1.29 is 4.74 Å². The van der Waals surface area contributed by atoms with Gasteiger partial charge in [0.05, 0.1) is 22.8 Å². The average molecular weight is 329 g/mol. The number of methoxy groups -OCH3 is 1. The van der Waals surface area contributed by atoms with Gasteiger partial charge in [0.2, 0.25) is 0 Å². The van der Waals surface area contributed by atoms with Crippen molar-refractivity contribution in [3.63, 3.8) is 0 Å². The van der Waals surface area contributed by atoms with Gasteiger partial charge >= 0.3 is 0 Å². The highest BCUT2D eigenvalue weighted by Gasteiger charge is 2.13. The lowest BCUT2D eigenvalue weighted by Gasteiger charge is -2.10. The zero-order valence-corrected chi connectivity index (χ0v) is 12.2. The van der Waals surface area contributed by atoms with Crippen molar-refractivity contribution >= 4 is 33.3 Å². The smallest absolute Gasteiger partial charge is 0.165 e. The van der Waals surface area contributed by atoms with E-state index in [-0.39, 0.29) is 0 Å². The summed E-state index contributed by atoms with van der Waals surface area (Å²) in [6.45, 7) is 1.86. The molecule has 0 spiro atoms. The molecule has 1 heterocycles. The van der Waals surface area contributed by atoms with Gasteiger partial charge in [-0.15, -0.1) is 0 Å². The summed E-state index contributed by atoms with van der Waals surface area (Å²) in [5.74, 6) is 1.53. The van der Waals surface area contributed by atoms with Crippen LogP contribution in [0.4, 0.5) is 5.82 Å². The summed E-state index contributed by atoms with van der Waals surface area (Å²) in [5, 5.41) is 0.595. The Morgan fingerprint density at radius 1 is 1.33 bits per heavy atom. The molecule has 94 valence electrons. The van der Waals surface area contributed by atoms with E-state index >= 15 is 0 Å². The molecule has 0 atom stereocenters. The average Bonchev–Trinajstić information content (AvgIpc) is 2.35. The molecule has 0 saturated heterocycles. The highest BCUT2D eigenvalue weighted by Crippen LogP contribution is 2.32. The Morgan fingerprint density at radius 3 is 2.67 bits per heavy atom. The fourth-order valence-corrected chi connectivity index (χ4v) is 1.89. The van der Waals surface area contributed by atoms with Crippen molar-refractivity contribution in [2.24, 2.45) is 0 Å². The lowest BCUT2D eigenvalue weighted by Crippen LogP contribution is -2.01. The van der Waals surface area contributed by atoms with Crippen molar-refractivity contribution in [2.45, 2.75) is 6.92 Å². The SMILES string of the molecule is COc1cc(Cl)ccc1-c1nc(C)c(Br)c(N)n1. The van der Waals surface area contributed by atoms with Crippen LogP contribution in [0.1, 0.15) is 5.69 Å². The molecule has 1 aromatic carbocycles. The van der Waals surface area contributed by atoms with Crippen LogP contribution in [0, 0.1) is 6.92 Å². The fraction of sp³-hybridized carbons (Fsp3) is 0.167. The molecule has 0 amide bonds. The van der Waals surface area contributed by atoms with Crippen LogP contribution in [0.3, 0.4) is 0 Å². The molecule has 18 heavy (non-hydrogen) atoms. The molecule has 0 aliphatic carbocycles. The topological polar surface area (TPSA) is 61.0 Å². The van der Waals surface area contributed by atoms with Gasteiger partial charge in [-0.1, -0.05) is 11.6 Å². The maximum Gasteiger partial charge on any atom is 0.165 e. The largest absolute Gasteiger partial charge is 0.496 e. The van der Waals surface area contributed by atoms with Gasteiger partial charge in [-0.25, -0.2) is 9.97 Å². The Kier molecular flexibility index (Phi) is 3.73. The summed E-state index contributed by atoms with van der Waals surface area (Å²) in [5.41, 5.74) is 7.34. The van der Waals surface area contributed by atoms with Gasteiger partial charge in [-0.3, -0.25) is 0 Å². The first-order valence-electron chi connectivity index (χ1n) is 5.16. The predicted molar refractivity (Wildman–Crippen MR) is 75.9 cm³/mol. The summed E-state index contributed by atoms with van der Waals surface area (Å²) >= 11 is 9.25. The maximum absolute atomic E-state index is 5.92. The van der Waals surface area contributed by atoms with E-state index in [9.17, 15) is 0 Å². The van der Waals surface area contributed by atoms with Gasteiger partial charge in [0.15, 0.2) is 5.82 Å². The highest BCUT2D eigenvalue weighted by atomic mass is 79.9. The van der Waals surface area contributed by atoms with Crippen LogP contribution < -0.4 is 10.5 Å². The molecule has 2 N–H and O–H groups in total. The van der Waals surface area contributed by atoms with E-state index in [2.05, 4.69) is 25.9 Å². The number of ether oxygens (including phenoxy) is 1. The number of benzene rings is 1. The first-order valence-corrected chi connectivity index (χ1v) is 6.33. The Bertz CT molecular complexity index is 581. The molecule has 0 unspecified atom stereocenters. The quantitative estimate of drug-likeness (QED) is 0.917. The van der Waals surface area contributed by atoms with E-state index in [0.29, 0.717) is 26.9 Å². The molecular weight excluding hydrogens is 318 g/mol. The lowest BCUT2D eigenvalue weighted by atomic mass is 10.2. The number of rotatable bonds is 2. The lowest BCUT2D eigenvalue weighted by molar-refractivity contribution is 0.416. The van der Waals surface area contributed by atoms with Crippen LogP contribution in [0.15, 0.2) is 22.7 Å². The van der Waals surface area contributed by atoms with Gasteiger partial charge in [0.1, 0.15) is 11.6 Å². The first kappa shape index (κ1) is 13.1. The third-order valence-corrected chi connectivity index (χ3v) is 3.66. The second-order valence-corrected chi connectivity index (χ2v) is 4.91. The molecule has 4 nitrogen and oxygen atoms in total. The van der Waals surface area contributed by atoms with Gasteiger partial charge in [-0.05, 0) is 41.1 Å². The predicted octanol–water partition coefficient (Wildman–Crippen LogP) is 3.46. The number of hydrogen-bond donors (Lipinski definition) is 1. The zero-order valence-electron chi connectivity index (χ0n) is 9.87. The number of anilines is 1. The molecule has 0 aliphatic rings. The molecule has 0 bridgehead atoms. The minimum atomic E-state index is 0.398. The molecule has 0 saturated carbocycles. The van der Waals surface area contributed by atoms with Crippen molar-refractivity contribution in [2.75, 3.05) is 12.8 Å². The summed E-state index contributed by atoms with van der Waals surface area (Å²) < 4.78 is 5.98. The number of nitrogens with zero attached hydrogens (tertiary/aromatic N) is 2. The number of nitrogens with two attached hydrogens (primary N) is 1. The van der Waals surface area contributed by atoms with Crippen LogP contribution in [-0.4, -0.2) is 17.1 Å². The summed E-state index contributed by atoms with van der Waals surface area (Å²) in [6, 6.07) is 5.29. The number of aryl methyl sites for hydroxylation is 1. The number of aromatic nitrogens is 2. The van der Waals surface area contributed by atoms with Crippen LogP contribution in [0.25, 0.3) is 11.4 Å². The molecule has 0 fully saturated rings. The van der Waals surface area contributed by atoms with Gasteiger partial charge in [0.25, 0.3) is 0 Å². The zero-order chi connectivity index (χ0) is 13.3. The number of nitrogen functional groups attached to an aromatic ring is 1. The normalized spacial score (nSPS) is 10.4. The van der Waals surface area contributed by atoms with E-state index in [1.54, 1.807) is 19.2 Å². The minimum absolute atomic E-state index is 0.398. The molecule has 0 aliphatic heterocycles. The van der Waals surface area contributed by atoms with Crippen molar-refractivity contribution in [1.29, 1.82) is 0 Å². The Labute approximate surface area is 118 Å². The molecule has 0 radical (unpaired) electrons. The summed E-state index contributed by atoms with van der Waals surface area (Å²) in [4.78, 5) is 8.62. The van der Waals surface area contributed by atoms with Crippen molar-refractivity contribution in [1.82, 2.24) is 9.97 Å². The van der Waals surface area contributed by atoms with E-state index in [1.807, 2.05) is 13.0 Å². The minimum Gasteiger partial charge on any atom is -0.496 e. The molecule has 2 rings (SSSR count). The molecule has 6 heteroatoms.